The van der Waals surface area contributed by atoms with E-state index < -0.39 is 24.9 Å². The highest BCUT2D eigenvalue weighted by Crippen LogP contribution is 2.24. The summed E-state index contributed by atoms with van der Waals surface area (Å²) in [6.07, 6.45) is 1.74. The third-order valence-corrected chi connectivity index (χ3v) is 5.15. The molecule has 0 radical (unpaired) electrons. The van der Waals surface area contributed by atoms with E-state index in [1.54, 1.807) is 51.5 Å². The van der Waals surface area contributed by atoms with E-state index in [0.717, 1.165) is 10.9 Å². The van der Waals surface area contributed by atoms with Gasteiger partial charge in [-0.25, -0.2) is 0 Å². The summed E-state index contributed by atoms with van der Waals surface area (Å²) in [5, 5.41) is 23.3. The zero-order valence-electron chi connectivity index (χ0n) is 17.2. The van der Waals surface area contributed by atoms with Crippen LogP contribution in [0.3, 0.4) is 0 Å². The van der Waals surface area contributed by atoms with Crippen molar-refractivity contribution in [1.82, 2.24) is 10.2 Å². The molecule has 30 heavy (non-hydrogen) atoms. The molecule has 3 aromatic rings. The molecule has 0 aliphatic rings. The lowest BCUT2D eigenvalue weighted by Gasteiger charge is -2.22. The molecule has 8 heteroatoms. The van der Waals surface area contributed by atoms with Crippen LogP contribution in [0.2, 0.25) is 0 Å². The van der Waals surface area contributed by atoms with Crippen LogP contribution in [-0.2, 0) is 11.2 Å². The number of amides is 2. The maximum atomic E-state index is 12.9. The zero-order chi connectivity index (χ0) is 21.8. The average Bonchev–Trinajstić information content (AvgIpc) is 3.14. The van der Waals surface area contributed by atoms with Gasteiger partial charge in [-0.05, 0) is 36.6 Å². The molecule has 2 amide bonds. The smallest absolute Gasteiger partial charge is 0.464 e. The lowest BCUT2D eigenvalue weighted by Crippen LogP contribution is -2.49. The van der Waals surface area contributed by atoms with Crippen LogP contribution < -0.4 is 5.32 Å². The number of nitrogens with zero attached hydrogens (tertiary/aromatic N) is 1. The number of hydrogen-bond acceptors (Lipinski definition) is 5. The second kappa shape index (κ2) is 9.15. The Hall–Kier alpha value is -3.10. The molecule has 3 N–H and O–H groups in total. The fourth-order valence-corrected chi connectivity index (χ4v) is 3.42. The molecule has 0 aliphatic heterocycles. The highest BCUT2D eigenvalue weighted by atomic mass is 16.4. The Labute approximate surface area is 175 Å². The average molecular weight is 408 g/mol. The highest BCUT2D eigenvalue weighted by molar-refractivity contribution is 6.43. The highest BCUT2D eigenvalue weighted by Gasteiger charge is 2.30. The number of carbonyl (C=O) groups excluding carboxylic acids is 2. The molecule has 0 saturated heterocycles. The van der Waals surface area contributed by atoms with E-state index in [-0.39, 0.29) is 12.3 Å². The molecule has 1 unspecified atom stereocenters. The zero-order valence-corrected chi connectivity index (χ0v) is 17.2. The molecule has 0 fully saturated rings. The number of carbonyl (C=O) groups is 2. The van der Waals surface area contributed by atoms with Crippen LogP contribution in [0.1, 0.15) is 34.3 Å². The minimum atomic E-state index is -1.76. The number of nitrogens with one attached hydrogen (secondary N) is 1. The van der Waals surface area contributed by atoms with Crippen molar-refractivity contribution in [2.75, 3.05) is 14.1 Å². The number of benzene rings is 2. The van der Waals surface area contributed by atoms with Crippen molar-refractivity contribution in [3.05, 3.63) is 71.5 Å². The summed E-state index contributed by atoms with van der Waals surface area (Å²) >= 11 is 0. The summed E-state index contributed by atoms with van der Waals surface area (Å²) in [5.74, 6) is -2.20. The van der Waals surface area contributed by atoms with Gasteiger partial charge in [-0.2, -0.15) is 0 Å². The lowest BCUT2D eigenvalue weighted by molar-refractivity contribution is -0.122. The minimum Gasteiger partial charge on any atom is -0.464 e. The van der Waals surface area contributed by atoms with Gasteiger partial charge in [-0.1, -0.05) is 36.4 Å². The van der Waals surface area contributed by atoms with Gasteiger partial charge in [0.2, 0.25) is 5.91 Å². The van der Waals surface area contributed by atoms with Gasteiger partial charge in [-0.15, -0.1) is 0 Å². The van der Waals surface area contributed by atoms with Crippen LogP contribution in [0, 0.1) is 0 Å². The number of furan rings is 1. The molecule has 156 valence electrons. The first-order valence-electron chi connectivity index (χ1n) is 9.71. The summed E-state index contributed by atoms with van der Waals surface area (Å²) < 4.78 is 5.50. The third-order valence-electron chi connectivity index (χ3n) is 5.15. The first kappa shape index (κ1) is 21.6. The summed E-state index contributed by atoms with van der Waals surface area (Å²) in [5.41, 5.74) is 2.47. The topological polar surface area (TPSA) is 103 Å². The molecular formula is C22H25BN2O5. The van der Waals surface area contributed by atoms with E-state index in [1.807, 2.05) is 24.3 Å². The molecule has 3 rings (SSSR count). The maximum absolute atomic E-state index is 12.9. The van der Waals surface area contributed by atoms with Gasteiger partial charge in [0.05, 0.1) is 18.1 Å². The second-order valence-corrected chi connectivity index (χ2v) is 7.50. The molecule has 0 aliphatic carbocycles. The molecule has 0 bridgehead atoms. The number of fused-ring (bicyclic) bond motifs is 1. The standard InChI is InChI=1S/C22H25BN2O5/c1-14(16-8-4-5-10-18(16)22(27)25(2)3)21(26)24-20(23(28)29)12-15-13-30-19-11-7-6-9-17(15)19/h4-11,13-14,20,28-29H,12H2,1-3H3,(H,24,26)/t14-,20?/m1/s1. The van der Waals surface area contributed by atoms with Gasteiger partial charge in [0, 0.05) is 25.0 Å². The number of para-hydroxylation sites is 1. The largest absolute Gasteiger partial charge is 0.475 e. The predicted molar refractivity (Wildman–Crippen MR) is 115 cm³/mol. The van der Waals surface area contributed by atoms with Crippen molar-refractivity contribution < 1.29 is 24.1 Å². The summed E-state index contributed by atoms with van der Waals surface area (Å²) in [6.45, 7) is 1.69. The predicted octanol–water partition coefficient (Wildman–Crippen LogP) is 1.98. The summed E-state index contributed by atoms with van der Waals surface area (Å²) in [4.78, 5) is 26.8. The van der Waals surface area contributed by atoms with Crippen LogP contribution in [0.25, 0.3) is 11.0 Å². The van der Waals surface area contributed by atoms with Crippen molar-refractivity contribution in [3.8, 4) is 0 Å². The van der Waals surface area contributed by atoms with E-state index >= 15 is 0 Å². The molecule has 2 aromatic carbocycles. The molecule has 0 saturated carbocycles. The van der Waals surface area contributed by atoms with Gasteiger partial charge in [0.25, 0.3) is 5.91 Å². The van der Waals surface area contributed by atoms with Crippen LogP contribution >= 0.6 is 0 Å². The Morgan fingerprint density at radius 3 is 2.47 bits per heavy atom. The Morgan fingerprint density at radius 2 is 1.77 bits per heavy atom. The lowest BCUT2D eigenvalue weighted by atomic mass is 9.75. The van der Waals surface area contributed by atoms with E-state index in [2.05, 4.69) is 5.32 Å². The van der Waals surface area contributed by atoms with Crippen LogP contribution in [-0.4, -0.2) is 53.9 Å². The molecule has 1 aromatic heterocycles. The third kappa shape index (κ3) is 4.55. The van der Waals surface area contributed by atoms with E-state index in [0.29, 0.717) is 16.7 Å². The normalized spacial score (nSPS) is 13.0. The SMILES string of the molecule is C[C@@H](C(=O)NC(Cc1coc2ccccc12)B(O)O)c1ccccc1C(=O)N(C)C. The Morgan fingerprint density at radius 1 is 1.10 bits per heavy atom. The van der Waals surface area contributed by atoms with Gasteiger partial charge in [0.1, 0.15) is 5.58 Å². The van der Waals surface area contributed by atoms with Gasteiger partial charge < -0.3 is 24.7 Å². The van der Waals surface area contributed by atoms with Gasteiger partial charge >= 0.3 is 7.12 Å². The van der Waals surface area contributed by atoms with Crippen molar-refractivity contribution in [2.45, 2.75) is 25.2 Å². The van der Waals surface area contributed by atoms with Crippen LogP contribution in [0.5, 0.6) is 0 Å². The first-order chi connectivity index (χ1) is 14.3. The number of hydrogen-bond donors (Lipinski definition) is 3. The van der Waals surface area contributed by atoms with Crippen LogP contribution in [0.4, 0.5) is 0 Å². The molecule has 7 nitrogen and oxygen atoms in total. The fraction of sp³-hybridized carbons (Fsp3) is 0.273. The fourth-order valence-electron chi connectivity index (χ4n) is 3.42. The van der Waals surface area contributed by atoms with Gasteiger partial charge in [0.15, 0.2) is 0 Å². The van der Waals surface area contributed by atoms with E-state index in [9.17, 15) is 19.6 Å². The quantitative estimate of drug-likeness (QED) is 0.519. The first-order valence-corrected chi connectivity index (χ1v) is 9.71. The van der Waals surface area contributed by atoms with Crippen molar-refractivity contribution in [2.24, 2.45) is 0 Å². The van der Waals surface area contributed by atoms with Crippen molar-refractivity contribution in [3.63, 3.8) is 0 Å². The molecule has 0 spiro atoms. The monoisotopic (exact) mass is 408 g/mol. The summed E-state index contributed by atoms with van der Waals surface area (Å²) in [7, 11) is 1.54. The summed E-state index contributed by atoms with van der Waals surface area (Å²) in [6, 6.07) is 14.3. The van der Waals surface area contributed by atoms with Crippen LogP contribution in [0.15, 0.2) is 59.2 Å². The Balaban J connectivity index is 1.80. The number of rotatable bonds is 7. The maximum Gasteiger partial charge on any atom is 0.475 e. The van der Waals surface area contributed by atoms with E-state index in [4.69, 9.17) is 4.42 Å². The molecule has 1 heterocycles. The Kier molecular flexibility index (Phi) is 6.59. The minimum absolute atomic E-state index is 0.186. The Bertz CT molecular complexity index is 1050. The van der Waals surface area contributed by atoms with E-state index in [1.165, 1.54) is 4.90 Å². The molecular weight excluding hydrogens is 383 g/mol. The second-order valence-electron chi connectivity index (χ2n) is 7.50. The van der Waals surface area contributed by atoms with Crippen molar-refractivity contribution >= 4 is 29.9 Å². The molecule has 2 atom stereocenters. The van der Waals surface area contributed by atoms with Crippen molar-refractivity contribution in [1.29, 1.82) is 0 Å². The van der Waals surface area contributed by atoms with Gasteiger partial charge in [-0.3, -0.25) is 9.59 Å².